The average Bonchev–Trinajstić information content (AvgIpc) is 2.51. The number of amides is 1. The molecule has 5 nitrogen and oxygen atoms in total. The van der Waals surface area contributed by atoms with Gasteiger partial charge in [-0.25, -0.2) is 9.38 Å². The summed E-state index contributed by atoms with van der Waals surface area (Å²) >= 11 is 5.85. The molecule has 0 bridgehead atoms. The summed E-state index contributed by atoms with van der Waals surface area (Å²) in [5, 5.41) is 1.83. The topological polar surface area (TPSA) is 45.1 Å². The zero-order chi connectivity index (χ0) is 17.9. The second kappa shape index (κ2) is 7.66. The van der Waals surface area contributed by atoms with Crippen molar-refractivity contribution in [3.05, 3.63) is 41.9 Å². The Morgan fingerprint density at radius 3 is 2.79 bits per heavy atom. The lowest BCUT2D eigenvalue weighted by atomic mass is 10.1. The van der Waals surface area contributed by atoms with Crippen molar-refractivity contribution in [3.8, 4) is 5.75 Å². The van der Waals surface area contributed by atoms with E-state index in [0.29, 0.717) is 11.7 Å². The van der Waals surface area contributed by atoms with Gasteiger partial charge >= 0.3 is 0 Å². The number of halogens is 2. The number of rotatable bonds is 5. The summed E-state index contributed by atoms with van der Waals surface area (Å²) in [6.45, 7) is 8.01. The Hall–Kier alpha value is -2.08. The van der Waals surface area contributed by atoms with E-state index in [0.717, 1.165) is 0 Å². The Labute approximate surface area is 146 Å². The van der Waals surface area contributed by atoms with Crippen LogP contribution in [0.25, 0.3) is 0 Å². The molecule has 1 atom stereocenters. The van der Waals surface area contributed by atoms with Gasteiger partial charge in [-0.1, -0.05) is 11.6 Å². The van der Waals surface area contributed by atoms with Crippen molar-refractivity contribution in [2.45, 2.75) is 39.9 Å². The summed E-state index contributed by atoms with van der Waals surface area (Å²) in [5.74, 6) is -0.504. The molecular formula is C17H21ClFN3O2. The maximum atomic E-state index is 13.7. The summed E-state index contributed by atoms with van der Waals surface area (Å²) in [6.07, 6.45) is 2.85. The van der Waals surface area contributed by atoms with Crippen LogP contribution in [-0.2, 0) is 0 Å². The van der Waals surface area contributed by atoms with E-state index in [9.17, 15) is 9.18 Å². The van der Waals surface area contributed by atoms with E-state index >= 15 is 0 Å². The van der Waals surface area contributed by atoms with E-state index in [2.05, 4.69) is 4.99 Å². The number of carbonyl (C=O) groups is 1. The van der Waals surface area contributed by atoms with Gasteiger partial charge in [0.15, 0.2) is 11.9 Å². The number of aliphatic imine (C=N–C) groups is 1. The smallest absolute Gasteiger partial charge is 0.258 e. The van der Waals surface area contributed by atoms with Crippen molar-refractivity contribution in [2.75, 3.05) is 6.54 Å². The molecule has 1 heterocycles. The van der Waals surface area contributed by atoms with Gasteiger partial charge in [-0.3, -0.25) is 4.79 Å². The number of hydrogen-bond donors (Lipinski definition) is 0. The predicted molar refractivity (Wildman–Crippen MR) is 92.6 cm³/mol. The van der Waals surface area contributed by atoms with Crippen molar-refractivity contribution in [3.63, 3.8) is 0 Å². The van der Waals surface area contributed by atoms with E-state index < -0.39 is 5.82 Å². The van der Waals surface area contributed by atoms with Crippen molar-refractivity contribution in [1.82, 2.24) is 9.96 Å². The number of hydroxylamine groups is 2. The Morgan fingerprint density at radius 2 is 2.21 bits per heavy atom. The van der Waals surface area contributed by atoms with Crippen LogP contribution in [0.15, 0.2) is 35.5 Å². The third-order valence-corrected chi connectivity index (χ3v) is 3.86. The molecule has 24 heavy (non-hydrogen) atoms. The van der Waals surface area contributed by atoms with Crippen LogP contribution in [-0.4, -0.2) is 39.8 Å². The summed E-state index contributed by atoms with van der Waals surface area (Å²) in [6, 6.07) is 3.89. The van der Waals surface area contributed by atoms with Crippen LogP contribution in [0.1, 0.15) is 38.1 Å². The molecule has 1 aromatic carbocycles. The predicted octanol–water partition coefficient (Wildman–Crippen LogP) is 3.80. The minimum atomic E-state index is -0.492. The molecule has 0 spiro atoms. The second-order valence-corrected chi connectivity index (χ2v) is 6.06. The standard InChI is InChI=1S/C17H21ClFN3O2/c1-5-21(11(2)3)17(23)14-10-13(19)6-7-15(14)24-22-9-8-16(18)20-12(22)4/h6-12H,5H2,1-4H3. The second-order valence-electron chi connectivity index (χ2n) is 5.68. The molecule has 0 fully saturated rings. The van der Waals surface area contributed by atoms with Crippen molar-refractivity contribution >= 4 is 22.7 Å². The maximum Gasteiger partial charge on any atom is 0.258 e. The molecule has 0 N–H and O–H groups in total. The summed E-state index contributed by atoms with van der Waals surface area (Å²) in [5.41, 5.74) is 0.173. The summed E-state index contributed by atoms with van der Waals surface area (Å²) in [4.78, 5) is 24.3. The number of nitrogens with zero attached hydrogens (tertiary/aromatic N) is 3. The first-order chi connectivity index (χ1) is 11.3. The first-order valence-electron chi connectivity index (χ1n) is 7.81. The van der Waals surface area contributed by atoms with Crippen LogP contribution in [0, 0.1) is 5.82 Å². The molecular weight excluding hydrogens is 333 g/mol. The lowest BCUT2D eigenvalue weighted by Gasteiger charge is -2.29. The van der Waals surface area contributed by atoms with Crippen LogP contribution >= 0.6 is 11.6 Å². The van der Waals surface area contributed by atoms with Crippen LogP contribution in [0.5, 0.6) is 5.75 Å². The normalized spacial score (nSPS) is 17.0. The summed E-state index contributed by atoms with van der Waals surface area (Å²) < 4.78 is 13.7. The Kier molecular flexibility index (Phi) is 5.83. The van der Waals surface area contributed by atoms with Gasteiger partial charge in [0.1, 0.15) is 11.0 Å². The van der Waals surface area contributed by atoms with Crippen molar-refractivity contribution in [2.24, 2.45) is 4.99 Å². The van der Waals surface area contributed by atoms with E-state index in [4.69, 9.17) is 16.4 Å². The van der Waals surface area contributed by atoms with Gasteiger partial charge in [-0.2, -0.15) is 5.06 Å². The summed E-state index contributed by atoms with van der Waals surface area (Å²) in [7, 11) is 0. The maximum absolute atomic E-state index is 13.7. The van der Waals surface area contributed by atoms with Gasteiger partial charge in [0.25, 0.3) is 5.91 Å². The van der Waals surface area contributed by atoms with Gasteiger partial charge in [-0.05, 0) is 52.0 Å². The van der Waals surface area contributed by atoms with E-state index in [1.54, 1.807) is 24.1 Å². The molecule has 1 unspecified atom stereocenters. The molecule has 0 radical (unpaired) electrons. The molecule has 0 aromatic heterocycles. The first-order valence-corrected chi connectivity index (χ1v) is 8.19. The fourth-order valence-electron chi connectivity index (χ4n) is 2.41. The van der Waals surface area contributed by atoms with Crippen molar-refractivity contribution in [1.29, 1.82) is 0 Å². The van der Waals surface area contributed by atoms with Crippen LogP contribution in [0.4, 0.5) is 4.39 Å². The lowest BCUT2D eigenvalue weighted by Crippen LogP contribution is -2.38. The average molecular weight is 354 g/mol. The molecule has 0 aliphatic carbocycles. The molecule has 130 valence electrons. The molecule has 0 saturated carbocycles. The zero-order valence-electron chi connectivity index (χ0n) is 14.2. The highest BCUT2D eigenvalue weighted by Crippen LogP contribution is 2.25. The number of carbonyl (C=O) groups excluding carboxylic acids is 1. The van der Waals surface area contributed by atoms with Gasteiger partial charge in [0, 0.05) is 18.8 Å². The molecule has 1 aliphatic heterocycles. The largest absolute Gasteiger partial charge is 0.377 e. The van der Waals surface area contributed by atoms with Crippen molar-refractivity contribution < 1.29 is 14.0 Å². The Morgan fingerprint density at radius 1 is 1.50 bits per heavy atom. The lowest BCUT2D eigenvalue weighted by molar-refractivity contribution is -0.0404. The minimum Gasteiger partial charge on any atom is -0.377 e. The third-order valence-electron chi connectivity index (χ3n) is 3.64. The fraction of sp³-hybridized carbons (Fsp3) is 0.412. The quantitative estimate of drug-likeness (QED) is 0.808. The first kappa shape index (κ1) is 18.3. The van der Waals surface area contributed by atoms with Gasteiger partial charge < -0.3 is 9.74 Å². The van der Waals surface area contributed by atoms with Crippen LogP contribution < -0.4 is 4.84 Å². The highest BCUT2D eigenvalue weighted by atomic mass is 35.5. The highest BCUT2D eigenvalue weighted by molar-refractivity contribution is 6.68. The Bertz CT molecular complexity index is 676. The van der Waals surface area contributed by atoms with Crippen LogP contribution in [0.3, 0.4) is 0 Å². The van der Waals surface area contributed by atoms with E-state index in [-0.39, 0.29) is 29.4 Å². The minimum absolute atomic E-state index is 0.00386. The number of hydrogen-bond acceptors (Lipinski definition) is 4. The molecule has 7 heteroatoms. The molecule has 1 aliphatic rings. The molecule has 1 amide bonds. The van der Waals surface area contributed by atoms with Gasteiger partial charge in [-0.15, -0.1) is 0 Å². The molecule has 1 aromatic rings. The number of benzene rings is 1. The Balaban J connectivity index is 2.31. The van der Waals surface area contributed by atoms with Crippen LogP contribution in [0.2, 0.25) is 0 Å². The monoisotopic (exact) mass is 353 g/mol. The van der Waals surface area contributed by atoms with E-state index in [1.165, 1.54) is 23.3 Å². The third kappa shape index (κ3) is 4.06. The van der Waals surface area contributed by atoms with Gasteiger partial charge in [0.05, 0.1) is 5.56 Å². The molecule has 0 saturated heterocycles. The fourth-order valence-corrected chi connectivity index (χ4v) is 2.60. The van der Waals surface area contributed by atoms with E-state index in [1.807, 2.05) is 20.8 Å². The zero-order valence-corrected chi connectivity index (χ0v) is 14.9. The molecule has 2 rings (SSSR count). The SMILES string of the molecule is CCN(C(=O)c1cc(F)ccc1ON1C=CC(Cl)=NC1C)C(C)C. The number of allylic oxidation sites excluding steroid dienone is 1. The van der Waals surface area contributed by atoms with Gasteiger partial charge in [0.2, 0.25) is 0 Å². The highest BCUT2D eigenvalue weighted by Gasteiger charge is 2.24.